The minimum atomic E-state index is -0.262. The molecule has 3 aromatic heterocycles. The van der Waals surface area contributed by atoms with E-state index in [1.54, 1.807) is 6.07 Å². The molecule has 0 spiro atoms. The standard InChI is InChI=1S/C20H20ClN3O2/c1-10-12(8-13(21)19(23-10)20(3,4)5)15-9-16(26)17-14(24-15)6-7-22-18(17)11(2)25/h6-9H,1-5H3,(H,24,26). The third-order valence-corrected chi connectivity index (χ3v) is 4.53. The largest absolute Gasteiger partial charge is 0.354 e. The monoisotopic (exact) mass is 369 g/mol. The van der Waals surface area contributed by atoms with Crippen molar-refractivity contribution in [2.24, 2.45) is 0 Å². The maximum absolute atomic E-state index is 12.7. The molecule has 0 unspecified atom stereocenters. The van der Waals surface area contributed by atoms with Crippen molar-refractivity contribution < 1.29 is 4.79 Å². The van der Waals surface area contributed by atoms with Gasteiger partial charge in [-0.1, -0.05) is 32.4 Å². The number of ketones is 1. The average Bonchev–Trinajstić information content (AvgIpc) is 2.54. The number of carbonyl (C=O) groups excluding carboxylic acids is 1. The number of hydrogen-bond donors (Lipinski definition) is 1. The van der Waals surface area contributed by atoms with Crippen molar-refractivity contribution in [3.8, 4) is 11.3 Å². The van der Waals surface area contributed by atoms with Crippen LogP contribution in [-0.4, -0.2) is 20.7 Å². The van der Waals surface area contributed by atoms with Gasteiger partial charge in [0.2, 0.25) is 0 Å². The minimum absolute atomic E-state index is 0.172. The molecule has 1 N–H and O–H groups in total. The molecule has 0 aliphatic heterocycles. The first kappa shape index (κ1) is 18.3. The Morgan fingerprint density at radius 2 is 1.92 bits per heavy atom. The Bertz CT molecular complexity index is 1090. The first-order chi connectivity index (χ1) is 12.1. The minimum Gasteiger partial charge on any atom is -0.354 e. The lowest BCUT2D eigenvalue weighted by atomic mass is 9.90. The second-order valence-electron chi connectivity index (χ2n) is 7.39. The molecule has 3 rings (SSSR count). The van der Waals surface area contributed by atoms with Gasteiger partial charge in [0.05, 0.1) is 27.3 Å². The fourth-order valence-electron chi connectivity index (χ4n) is 2.99. The quantitative estimate of drug-likeness (QED) is 0.677. The number of fused-ring (bicyclic) bond motifs is 1. The van der Waals surface area contributed by atoms with E-state index in [9.17, 15) is 9.59 Å². The number of nitrogens with zero attached hydrogens (tertiary/aromatic N) is 2. The zero-order valence-corrected chi connectivity index (χ0v) is 16.2. The average molecular weight is 370 g/mol. The summed E-state index contributed by atoms with van der Waals surface area (Å²) in [6.45, 7) is 9.43. The molecule has 0 aliphatic carbocycles. The molecule has 6 heteroatoms. The lowest BCUT2D eigenvalue weighted by Gasteiger charge is -2.21. The summed E-state index contributed by atoms with van der Waals surface area (Å²) in [5, 5.41) is 0.852. The molecule has 3 heterocycles. The van der Waals surface area contributed by atoms with E-state index in [-0.39, 0.29) is 22.3 Å². The number of aromatic amines is 1. The van der Waals surface area contributed by atoms with Gasteiger partial charge in [-0.2, -0.15) is 0 Å². The smallest absolute Gasteiger partial charge is 0.192 e. The molecule has 0 atom stereocenters. The van der Waals surface area contributed by atoms with E-state index in [1.807, 2.05) is 13.0 Å². The second-order valence-corrected chi connectivity index (χ2v) is 7.79. The maximum atomic E-state index is 12.7. The molecule has 0 saturated heterocycles. The molecule has 0 aromatic carbocycles. The SMILES string of the molecule is CC(=O)c1nccc2[nH]c(-c3cc(Cl)c(C(C)(C)C)nc3C)cc(=O)c12. The molecule has 0 fully saturated rings. The topological polar surface area (TPSA) is 75.7 Å². The van der Waals surface area contributed by atoms with Gasteiger partial charge in [-0.3, -0.25) is 19.6 Å². The summed E-state index contributed by atoms with van der Waals surface area (Å²) in [6.07, 6.45) is 1.51. The molecule has 0 amide bonds. The Hall–Kier alpha value is -2.53. The van der Waals surface area contributed by atoms with Gasteiger partial charge in [-0.15, -0.1) is 0 Å². The van der Waals surface area contributed by atoms with E-state index in [1.165, 1.54) is 19.2 Å². The van der Waals surface area contributed by atoms with Gasteiger partial charge in [-0.05, 0) is 19.1 Å². The van der Waals surface area contributed by atoms with Gasteiger partial charge < -0.3 is 4.98 Å². The van der Waals surface area contributed by atoms with Gasteiger partial charge in [0.1, 0.15) is 5.69 Å². The van der Waals surface area contributed by atoms with Crippen LogP contribution in [0.5, 0.6) is 0 Å². The zero-order valence-electron chi connectivity index (χ0n) is 15.4. The number of Topliss-reactive ketones (excluding diaryl/α,β-unsaturated/α-hetero) is 1. The predicted octanol–water partition coefficient (Wildman–Crippen LogP) is 4.45. The highest BCUT2D eigenvalue weighted by Crippen LogP contribution is 2.32. The third kappa shape index (κ3) is 3.15. The normalized spacial score (nSPS) is 11.8. The van der Waals surface area contributed by atoms with Crippen molar-refractivity contribution in [3.63, 3.8) is 0 Å². The van der Waals surface area contributed by atoms with Crippen LogP contribution in [0.1, 0.15) is 49.6 Å². The molecule has 26 heavy (non-hydrogen) atoms. The highest BCUT2D eigenvalue weighted by Gasteiger charge is 2.22. The predicted molar refractivity (Wildman–Crippen MR) is 104 cm³/mol. The van der Waals surface area contributed by atoms with Gasteiger partial charge in [0.25, 0.3) is 0 Å². The Balaban J connectivity index is 2.26. The van der Waals surface area contributed by atoms with Gasteiger partial charge in [0, 0.05) is 35.9 Å². The molecule has 0 saturated carbocycles. The van der Waals surface area contributed by atoms with E-state index < -0.39 is 0 Å². The molecule has 5 nitrogen and oxygen atoms in total. The Morgan fingerprint density at radius 1 is 1.23 bits per heavy atom. The van der Waals surface area contributed by atoms with E-state index in [0.717, 1.165) is 17.0 Å². The van der Waals surface area contributed by atoms with E-state index >= 15 is 0 Å². The maximum Gasteiger partial charge on any atom is 0.192 e. The summed E-state index contributed by atoms with van der Waals surface area (Å²) in [5.41, 5.74) is 3.23. The molecular formula is C20H20ClN3O2. The summed E-state index contributed by atoms with van der Waals surface area (Å²) in [6, 6.07) is 4.97. The highest BCUT2D eigenvalue weighted by molar-refractivity contribution is 6.31. The van der Waals surface area contributed by atoms with Crippen LogP contribution < -0.4 is 5.43 Å². The second kappa shape index (κ2) is 6.32. The number of H-pyrrole nitrogens is 1. The van der Waals surface area contributed by atoms with Gasteiger partial charge in [0.15, 0.2) is 11.2 Å². The third-order valence-electron chi connectivity index (χ3n) is 4.24. The van der Waals surface area contributed by atoms with E-state index in [4.69, 9.17) is 11.6 Å². The van der Waals surface area contributed by atoms with Crippen LogP contribution in [0.2, 0.25) is 5.02 Å². The van der Waals surface area contributed by atoms with Crippen LogP contribution in [0.4, 0.5) is 0 Å². The summed E-state index contributed by atoms with van der Waals surface area (Å²) in [4.78, 5) is 36.3. The van der Waals surface area contributed by atoms with Crippen LogP contribution in [0.25, 0.3) is 22.2 Å². The zero-order chi connectivity index (χ0) is 19.2. The number of aryl methyl sites for hydroxylation is 1. The number of carbonyl (C=O) groups is 1. The Labute approximate surface area is 156 Å². The molecule has 0 bridgehead atoms. The first-order valence-electron chi connectivity index (χ1n) is 8.30. The summed E-state index contributed by atoms with van der Waals surface area (Å²) >= 11 is 6.45. The van der Waals surface area contributed by atoms with E-state index in [0.29, 0.717) is 21.6 Å². The number of hydrogen-bond acceptors (Lipinski definition) is 4. The van der Waals surface area contributed by atoms with Crippen LogP contribution in [0, 0.1) is 6.92 Å². The van der Waals surface area contributed by atoms with Crippen molar-refractivity contribution in [1.29, 1.82) is 0 Å². The number of nitrogens with one attached hydrogen (secondary N) is 1. The van der Waals surface area contributed by atoms with Crippen molar-refractivity contribution in [1.82, 2.24) is 15.0 Å². The molecule has 0 aliphatic rings. The molecular weight excluding hydrogens is 350 g/mol. The van der Waals surface area contributed by atoms with Crippen molar-refractivity contribution >= 4 is 28.3 Å². The molecule has 134 valence electrons. The fraction of sp³-hybridized carbons (Fsp3) is 0.300. The summed E-state index contributed by atoms with van der Waals surface area (Å²) in [5.74, 6) is -0.246. The molecule has 3 aromatic rings. The highest BCUT2D eigenvalue weighted by atomic mass is 35.5. The lowest BCUT2D eigenvalue weighted by Crippen LogP contribution is -2.15. The molecule has 0 radical (unpaired) electrons. The van der Waals surface area contributed by atoms with Crippen molar-refractivity contribution in [2.45, 2.75) is 40.0 Å². The van der Waals surface area contributed by atoms with E-state index in [2.05, 4.69) is 35.7 Å². The van der Waals surface area contributed by atoms with Crippen molar-refractivity contribution in [3.05, 3.63) is 56.7 Å². The van der Waals surface area contributed by atoms with Crippen LogP contribution >= 0.6 is 11.6 Å². The van der Waals surface area contributed by atoms with Crippen molar-refractivity contribution in [2.75, 3.05) is 0 Å². The fourth-order valence-corrected chi connectivity index (χ4v) is 3.43. The van der Waals surface area contributed by atoms with Crippen LogP contribution in [0.3, 0.4) is 0 Å². The lowest BCUT2D eigenvalue weighted by molar-refractivity contribution is 0.101. The summed E-state index contributed by atoms with van der Waals surface area (Å²) < 4.78 is 0. The number of pyridine rings is 3. The van der Waals surface area contributed by atoms with Crippen LogP contribution in [-0.2, 0) is 5.41 Å². The Kier molecular flexibility index (Phi) is 4.44. The van der Waals surface area contributed by atoms with Gasteiger partial charge in [-0.25, -0.2) is 0 Å². The van der Waals surface area contributed by atoms with Gasteiger partial charge >= 0.3 is 0 Å². The number of halogens is 1. The number of rotatable bonds is 2. The number of aromatic nitrogens is 3. The van der Waals surface area contributed by atoms with Crippen LogP contribution in [0.15, 0.2) is 29.2 Å². The first-order valence-corrected chi connectivity index (χ1v) is 8.68. The Morgan fingerprint density at radius 3 is 2.54 bits per heavy atom. The summed E-state index contributed by atoms with van der Waals surface area (Å²) in [7, 11) is 0.